The van der Waals surface area contributed by atoms with Gasteiger partial charge in [-0.25, -0.2) is 0 Å². The van der Waals surface area contributed by atoms with Crippen molar-refractivity contribution in [3.8, 4) is 0 Å². The van der Waals surface area contributed by atoms with Crippen molar-refractivity contribution >= 4 is 17.8 Å². The molecule has 0 radical (unpaired) electrons. The zero-order chi connectivity index (χ0) is 31.6. The van der Waals surface area contributed by atoms with E-state index in [-0.39, 0.29) is 56.3 Å². The molecule has 0 aliphatic rings. The summed E-state index contributed by atoms with van der Waals surface area (Å²) in [7, 11) is 0. The first-order valence-electron chi connectivity index (χ1n) is 15.1. The van der Waals surface area contributed by atoms with Gasteiger partial charge in [0.2, 0.25) is 11.8 Å². The van der Waals surface area contributed by atoms with Crippen molar-refractivity contribution in [2.24, 2.45) is 11.8 Å². The second-order valence-corrected chi connectivity index (χ2v) is 10.8. The van der Waals surface area contributed by atoms with Crippen molar-refractivity contribution in [3.05, 3.63) is 133 Å². The van der Waals surface area contributed by atoms with Crippen LogP contribution in [0.3, 0.4) is 0 Å². The van der Waals surface area contributed by atoms with E-state index in [4.69, 9.17) is 4.74 Å². The van der Waals surface area contributed by atoms with Crippen LogP contribution in [0.5, 0.6) is 0 Å². The van der Waals surface area contributed by atoms with Gasteiger partial charge in [0, 0.05) is 19.5 Å². The number of carbonyl (C=O) groups is 3. The maximum absolute atomic E-state index is 13.6. The van der Waals surface area contributed by atoms with Crippen LogP contribution in [-0.2, 0) is 32.1 Å². The van der Waals surface area contributed by atoms with E-state index < -0.39 is 12.0 Å². The Hall–Kier alpha value is -4.49. The van der Waals surface area contributed by atoms with E-state index in [1.807, 2.05) is 91.0 Å². The van der Waals surface area contributed by atoms with Crippen LogP contribution in [0, 0.1) is 11.8 Å². The maximum Gasteiger partial charge on any atom is 0.309 e. The molecule has 2 amide bonds. The monoisotopic (exact) mass is 596 g/mol. The molecular formula is C37H44N2O5. The van der Waals surface area contributed by atoms with Gasteiger partial charge in [-0.2, -0.15) is 0 Å². The summed E-state index contributed by atoms with van der Waals surface area (Å²) in [5.74, 6) is -1.93. The van der Waals surface area contributed by atoms with Crippen molar-refractivity contribution in [2.45, 2.75) is 44.7 Å². The van der Waals surface area contributed by atoms with Gasteiger partial charge < -0.3 is 20.1 Å². The molecule has 3 rings (SSSR count). The molecule has 3 aromatic carbocycles. The molecule has 3 aromatic rings. The number of amides is 2. The van der Waals surface area contributed by atoms with Gasteiger partial charge >= 0.3 is 5.97 Å². The van der Waals surface area contributed by atoms with Gasteiger partial charge in [-0.1, -0.05) is 103 Å². The second-order valence-electron chi connectivity index (χ2n) is 10.8. The quantitative estimate of drug-likeness (QED) is 0.134. The number of carbonyl (C=O) groups excluding carboxylic acids is 3. The van der Waals surface area contributed by atoms with Crippen LogP contribution in [0.4, 0.5) is 0 Å². The van der Waals surface area contributed by atoms with Crippen LogP contribution in [0.25, 0.3) is 0 Å². The van der Waals surface area contributed by atoms with Crippen molar-refractivity contribution in [3.63, 3.8) is 0 Å². The van der Waals surface area contributed by atoms with E-state index in [1.54, 1.807) is 17.1 Å². The average Bonchev–Trinajstić information content (AvgIpc) is 3.05. The average molecular weight is 597 g/mol. The smallest absolute Gasteiger partial charge is 0.309 e. The molecule has 0 fully saturated rings. The Morgan fingerprint density at radius 3 is 2.05 bits per heavy atom. The maximum atomic E-state index is 13.6. The number of hydrogen-bond acceptors (Lipinski definition) is 5. The van der Waals surface area contributed by atoms with Gasteiger partial charge in [-0.3, -0.25) is 14.4 Å². The van der Waals surface area contributed by atoms with Crippen molar-refractivity contribution in [1.82, 2.24) is 10.2 Å². The minimum Gasteiger partial charge on any atom is -0.463 e. The molecule has 3 atom stereocenters. The highest BCUT2D eigenvalue weighted by molar-refractivity contribution is 5.86. The summed E-state index contributed by atoms with van der Waals surface area (Å²) in [4.78, 5) is 41.8. The Kier molecular flexibility index (Phi) is 14.6. The van der Waals surface area contributed by atoms with Crippen LogP contribution < -0.4 is 5.32 Å². The van der Waals surface area contributed by atoms with E-state index in [1.165, 1.54) is 0 Å². The number of hydrogen-bond donors (Lipinski definition) is 2. The normalized spacial score (nSPS) is 12.8. The summed E-state index contributed by atoms with van der Waals surface area (Å²) in [5, 5.41) is 12.6. The van der Waals surface area contributed by atoms with Crippen LogP contribution in [-0.4, -0.2) is 47.5 Å². The van der Waals surface area contributed by atoms with Crippen LogP contribution in [0.2, 0.25) is 0 Å². The Morgan fingerprint density at radius 2 is 1.45 bits per heavy atom. The minimum absolute atomic E-state index is 0.0482. The summed E-state index contributed by atoms with van der Waals surface area (Å²) in [6, 6.07) is 28.1. The largest absolute Gasteiger partial charge is 0.463 e. The molecular weight excluding hydrogens is 552 g/mol. The van der Waals surface area contributed by atoms with Gasteiger partial charge in [-0.15, -0.1) is 13.2 Å². The van der Waals surface area contributed by atoms with Crippen LogP contribution in [0.15, 0.2) is 116 Å². The van der Waals surface area contributed by atoms with Crippen molar-refractivity contribution < 1.29 is 24.2 Å². The predicted molar refractivity (Wildman–Crippen MR) is 173 cm³/mol. The third kappa shape index (κ3) is 11.3. The lowest BCUT2D eigenvalue weighted by Gasteiger charge is -2.26. The molecule has 0 bridgehead atoms. The van der Waals surface area contributed by atoms with E-state index >= 15 is 0 Å². The summed E-state index contributed by atoms with van der Waals surface area (Å²) in [5.41, 5.74) is 2.77. The molecule has 0 spiro atoms. The first-order chi connectivity index (χ1) is 21.4. The topological polar surface area (TPSA) is 95.9 Å². The van der Waals surface area contributed by atoms with Gasteiger partial charge in [0.25, 0.3) is 0 Å². The number of aliphatic hydroxyl groups excluding tert-OH is 1. The molecule has 0 saturated carbocycles. The summed E-state index contributed by atoms with van der Waals surface area (Å²) >= 11 is 0. The molecule has 44 heavy (non-hydrogen) atoms. The Morgan fingerprint density at radius 1 is 0.841 bits per heavy atom. The second kappa shape index (κ2) is 18.9. The minimum atomic E-state index is -0.683. The number of esters is 1. The van der Waals surface area contributed by atoms with Gasteiger partial charge in [0.15, 0.2) is 0 Å². The first kappa shape index (κ1) is 34.0. The number of nitrogens with zero attached hydrogens (tertiary/aromatic N) is 1. The molecule has 232 valence electrons. The number of rotatable bonds is 19. The fraction of sp³-hybridized carbons (Fsp3) is 0.324. The SMILES string of the molecule is C=CCCC(Cc1ccccc1)C(=O)OCC(NC(=O)C(CC=C)CC(=O)N(CCO)Cc1ccccc1)c1ccccc1. The molecule has 7 nitrogen and oxygen atoms in total. The Bertz CT molecular complexity index is 1310. The molecule has 3 unspecified atom stereocenters. The van der Waals surface area contributed by atoms with E-state index in [9.17, 15) is 19.5 Å². The summed E-state index contributed by atoms with van der Waals surface area (Å²) < 4.78 is 5.84. The van der Waals surface area contributed by atoms with Gasteiger partial charge in [-0.05, 0) is 42.4 Å². The van der Waals surface area contributed by atoms with Crippen molar-refractivity contribution in [1.29, 1.82) is 0 Å². The standard InChI is InChI=1S/C37H44N2O5/c1-3-5-20-33(25-29-16-9-6-10-17-29)37(43)44-28-34(31-21-13-8-14-22-31)38-36(42)32(15-4-2)26-35(41)39(23-24-40)27-30-18-11-7-12-19-30/h3-4,6-14,16-19,21-22,32-34,40H,1-2,5,15,20,23-28H2,(H,38,42). The lowest BCUT2D eigenvalue weighted by atomic mass is 9.94. The fourth-order valence-corrected chi connectivity index (χ4v) is 5.04. The number of nitrogens with one attached hydrogen (secondary N) is 1. The Balaban J connectivity index is 1.71. The highest BCUT2D eigenvalue weighted by Gasteiger charge is 2.28. The Labute approximate surface area is 261 Å². The number of benzene rings is 3. The highest BCUT2D eigenvalue weighted by Crippen LogP contribution is 2.21. The van der Waals surface area contributed by atoms with Crippen LogP contribution >= 0.6 is 0 Å². The number of aliphatic hydroxyl groups is 1. The molecule has 0 aliphatic carbocycles. The predicted octanol–water partition coefficient (Wildman–Crippen LogP) is 5.82. The summed E-state index contributed by atoms with van der Waals surface area (Å²) in [6.07, 6.45) is 5.49. The van der Waals surface area contributed by atoms with Crippen LogP contribution in [0.1, 0.15) is 48.4 Å². The van der Waals surface area contributed by atoms with Crippen molar-refractivity contribution in [2.75, 3.05) is 19.8 Å². The third-order valence-electron chi connectivity index (χ3n) is 7.47. The third-order valence-corrected chi connectivity index (χ3v) is 7.47. The number of ether oxygens (including phenoxy) is 1. The molecule has 0 aliphatic heterocycles. The zero-order valence-electron chi connectivity index (χ0n) is 25.4. The fourth-order valence-electron chi connectivity index (χ4n) is 5.04. The molecule has 2 N–H and O–H groups in total. The lowest BCUT2D eigenvalue weighted by molar-refractivity contribution is -0.150. The van der Waals surface area contributed by atoms with E-state index in [0.717, 1.165) is 16.7 Å². The molecule has 7 heteroatoms. The lowest BCUT2D eigenvalue weighted by Crippen LogP contribution is -2.40. The van der Waals surface area contributed by atoms with E-state index in [0.29, 0.717) is 25.8 Å². The summed E-state index contributed by atoms with van der Waals surface area (Å²) in [6.45, 7) is 7.85. The number of allylic oxidation sites excluding steroid dienone is 2. The van der Waals surface area contributed by atoms with E-state index in [2.05, 4.69) is 18.5 Å². The molecule has 0 heterocycles. The molecule has 0 saturated heterocycles. The zero-order valence-corrected chi connectivity index (χ0v) is 25.4. The highest BCUT2D eigenvalue weighted by atomic mass is 16.5. The van der Waals surface area contributed by atoms with Gasteiger partial charge in [0.1, 0.15) is 6.61 Å². The first-order valence-corrected chi connectivity index (χ1v) is 15.1. The van der Waals surface area contributed by atoms with Gasteiger partial charge in [0.05, 0.1) is 24.5 Å². The molecule has 0 aromatic heterocycles.